The Kier molecular flexibility index (Phi) is 37.4. The molecule has 72 heavy (non-hydrogen) atoms. The minimum atomic E-state index is -1.41. The van der Waals surface area contributed by atoms with Crippen molar-refractivity contribution in [2.75, 3.05) is 6.54 Å². The molecule has 7 N–H and O–H groups in total. The molecule has 2 rings (SSSR count). The van der Waals surface area contributed by atoms with E-state index < -0.39 is 47.3 Å². The number of hydrogen-bond donors (Lipinski definition) is 2. The number of aliphatic carboxylic acids is 2. The van der Waals surface area contributed by atoms with E-state index in [1.165, 1.54) is 0 Å². The van der Waals surface area contributed by atoms with Crippen LogP contribution in [0.25, 0.3) is 23.4 Å². The van der Waals surface area contributed by atoms with Crippen LogP contribution >= 0.6 is 0 Å². The minimum Gasteiger partial charge on any atom is -0.693 e. The Morgan fingerprint density at radius 3 is 1.06 bits per heavy atom. The summed E-state index contributed by atoms with van der Waals surface area (Å²) in [5.74, 6) is -1.70. The fraction of sp³-hybridized carbons (Fsp3) is 0.852. The van der Waals surface area contributed by atoms with E-state index in [9.17, 15) is 39.0 Å². The second kappa shape index (κ2) is 33.6. The standard InChI is InChI=1S/C15H26NO4.C15H24O4.2C12H25NO2.2K.H2N/c1-9(2)11-5-7-15(14(18)19,13(11)10(3)4)20-12(17)6-8-16;1-6-12(16)19-15(14(17)18)8-7-11(9(2)3)13(15)10(4)5;2*1-8(11(2,3)4)9(12(5,6)7)15-10(13)14;;;/h9-11,13,16H,5-8H2,1-4H3,(H,18,19);6,9-11,13H,1,7-8H2,2-5H3,(H,17,18);2*8-9H,1-7H3,(H2,13,14);;;1H2/q-1;;;;2*+1;-1/p-2/t2*11?,13?,15-;2*8-,9?;;;/m1111.../s1. The van der Waals surface area contributed by atoms with Crippen molar-refractivity contribution < 1.29 is 161 Å². The fourth-order valence-electron chi connectivity index (χ4n) is 10.3. The quantitative estimate of drug-likeness (QED) is 0.0671. The van der Waals surface area contributed by atoms with Gasteiger partial charge in [-0.15, -0.1) is 6.54 Å². The van der Waals surface area contributed by atoms with Crippen LogP contribution < -0.4 is 103 Å². The van der Waals surface area contributed by atoms with Crippen molar-refractivity contribution in [3.05, 3.63) is 36.0 Å². The van der Waals surface area contributed by atoms with Crippen LogP contribution in [-0.2, 0) is 38.1 Å². The molecule has 0 aromatic carbocycles. The predicted molar refractivity (Wildman–Crippen MR) is 279 cm³/mol. The number of carbonyl (C=O) groups excluding carboxylic acids is 4. The van der Waals surface area contributed by atoms with E-state index in [0.717, 1.165) is 18.9 Å². The molecule has 6 unspecified atom stereocenters. The first-order chi connectivity index (χ1) is 30.9. The van der Waals surface area contributed by atoms with Gasteiger partial charge in [-0.1, -0.05) is 159 Å². The van der Waals surface area contributed by atoms with Crippen molar-refractivity contribution in [1.29, 1.82) is 0 Å². The average molecular weight is 1080 g/mol. The van der Waals surface area contributed by atoms with Gasteiger partial charge in [0.1, 0.15) is 12.2 Å². The zero-order chi connectivity index (χ0) is 55.2. The third kappa shape index (κ3) is 24.8. The Labute approximate surface area is 521 Å². The molecule has 2 aliphatic carbocycles. The minimum absolute atomic E-state index is 0. The molecule has 0 bridgehead atoms. The van der Waals surface area contributed by atoms with Gasteiger partial charge in [0.2, 0.25) is 23.4 Å². The summed E-state index contributed by atoms with van der Waals surface area (Å²) in [5.41, 5.74) is 18.0. The molecule has 0 aliphatic heterocycles. The predicted octanol–water partition coefficient (Wildman–Crippen LogP) is 9.28. The Hall–Kier alpha value is -0.647. The molecule has 0 radical (unpaired) electrons. The number of nitrogens with two attached hydrogens (primary N) is 1. The molecule has 0 aromatic heterocycles. The molecule has 2 aliphatic rings. The summed E-state index contributed by atoms with van der Waals surface area (Å²) in [6, 6.07) is 0. The van der Waals surface area contributed by atoms with E-state index in [1.54, 1.807) is 0 Å². The van der Waals surface area contributed by atoms with Crippen LogP contribution in [0.5, 0.6) is 0 Å². The molecular weight excluding hydrogens is 975 g/mol. The molecule has 412 valence electrons. The maximum Gasteiger partial charge on any atom is 1.00 e. The van der Waals surface area contributed by atoms with Crippen LogP contribution in [0.15, 0.2) is 12.7 Å². The molecule has 2 fully saturated rings. The Morgan fingerprint density at radius 1 is 0.569 bits per heavy atom. The molecule has 0 aromatic rings. The summed E-state index contributed by atoms with van der Waals surface area (Å²) in [4.78, 5) is 68.4. The number of rotatable bonds is 15. The van der Waals surface area contributed by atoms with Crippen molar-refractivity contribution in [1.82, 2.24) is 0 Å². The van der Waals surface area contributed by atoms with Gasteiger partial charge in [0, 0.05) is 24.3 Å². The summed E-state index contributed by atoms with van der Waals surface area (Å²) < 4.78 is 21.0. The largest absolute Gasteiger partial charge is 1.00 e. The molecule has 16 nitrogen and oxygen atoms in total. The summed E-state index contributed by atoms with van der Waals surface area (Å²) in [6.45, 7) is 48.6. The summed E-state index contributed by atoms with van der Waals surface area (Å²) in [6.07, 6.45) is 0.961. The van der Waals surface area contributed by atoms with Crippen LogP contribution in [0.4, 0.5) is 9.59 Å². The molecule has 0 spiro atoms. The summed E-state index contributed by atoms with van der Waals surface area (Å²) >= 11 is 0. The first kappa shape index (κ1) is 80.2. The maximum absolute atomic E-state index is 11.8. The van der Waals surface area contributed by atoms with Gasteiger partial charge in [-0.05, 0) is 94.7 Å². The Balaban J connectivity index is -0.000000276. The van der Waals surface area contributed by atoms with Gasteiger partial charge >= 0.3 is 127 Å². The van der Waals surface area contributed by atoms with E-state index in [-0.39, 0.29) is 203 Å². The second-order valence-corrected chi connectivity index (χ2v) is 25.1. The van der Waals surface area contributed by atoms with Crippen LogP contribution in [0.3, 0.4) is 0 Å². The van der Waals surface area contributed by atoms with Crippen LogP contribution in [0, 0.1) is 80.8 Å². The number of esters is 2. The first-order valence-corrected chi connectivity index (χ1v) is 25.0. The maximum atomic E-state index is 11.8. The third-order valence-electron chi connectivity index (χ3n) is 14.5. The second-order valence-electron chi connectivity index (χ2n) is 25.1. The van der Waals surface area contributed by atoms with Crippen molar-refractivity contribution in [3.8, 4) is 0 Å². The van der Waals surface area contributed by atoms with Gasteiger partial charge in [0.25, 0.3) is 0 Å². The number of carbonyl (C=O) groups is 6. The molecule has 0 heterocycles. The van der Waals surface area contributed by atoms with Crippen LogP contribution in [-0.4, -0.2) is 76.2 Å². The fourth-order valence-corrected chi connectivity index (χ4v) is 10.3. The van der Waals surface area contributed by atoms with E-state index >= 15 is 0 Å². The van der Waals surface area contributed by atoms with Crippen LogP contribution in [0.2, 0.25) is 0 Å². The van der Waals surface area contributed by atoms with Crippen molar-refractivity contribution >= 4 is 36.1 Å². The molecule has 2 saturated carbocycles. The molecule has 10 atom stereocenters. The molecular formula is C54H100K2N4O12-2. The van der Waals surface area contributed by atoms with Gasteiger partial charge < -0.3 is 52.5 Å². The number of amides is 2. The van der Waals surface area contributed by atoms with E-state index in [4.69, 9.17) is 36.1 Å². The van der Waals surface area contributed by atoms with Crippen molar-refractivity contribution in [3.63, 3.8) is 0 Å². The third-order valence-corrected chi connectivity index (χ3v) is 14.5. The van der Waals surface area contributed by atoms with Crippen molar-refractivity contribution in [2.24, 2.45) is 80.8 Å². The van der Waals surface area contributed by atoms with Gasteiger partial charge in [0.15, 0.2) is 0 Å². The smallest absolute Gasteiger partial charge is 0.693 e. The van der Waals surface area contributed by atoms with E-state index in [0.29, 0.717) is 24.7 Å². The average Bonchev–Trinajstić information content (AvgIpc) is 3.76. The Bertz CT molecular complexity index is 1630. The summed E-state index contributed by atoms with van der Waals surface area (Å²) in [7, 11) is 0. The monoisotopic (exact) mass is 1070 g/mol. The molecule has 0 saturated heterocycles. The van der Waals surface area contributed by atoms with Crippen LogP contribution in [0.1, 0.15) is 184 Å². The number of carboxylic acid groups (broad SMARTS) is 2. The van der Waals surface area contributed by atoms with Gasteiger partial charge in [0.05, 0.1) is 0 Å². The van der Waals surface area contributed by atoms with E-state index in [1.807, 2.05) is 69.2 Å². The van der Waals surface area contributed by atoms with Gasteiger partial charge in [-0.2, -0.15) is 0 Å². The topological polar surface area (TPSA) is 285 Å². The van der Waals surface area contributed by atoms with Gasteiger partial charge in [-0.3, -0.25) is 14.4 Å². The molecule has 18 heteroatoms. The summed E-state index contributed by atoms with van der Waals surface area (Å²) in [5, 5.41) is 19.3. The van der Waals surface area contributed by atoms with Gasteiger partial charge in [-0.25, -0.2) is 14.4 Å². The number of ether oxygens (including phenoxy) is 4. The zero-order valence-corrected chi connectivity index (χ0v) is 55.8. The number of nitrogens with one attached hydrogen (secondary N) is 3. The Morgan fingerprint density at radius 2 is 0.861 bits per heavy atom. The molecule has 2 amide bonds. The normalized spacial score (nSPS) is 23.5. The number of carboxylic acids is 2. The number of hydrogen-bond acceptors (Lipinski definition) is 10. The van der Waals surface area contributed by atoms with E-state index in [2.05, 4.69) is 89.7 Å². The first-order valence-electron chi connectivity index (χ1n) is 25.0. The SMILES string of the molecule is C=CC(=O)O[C@]1(C(=O)O)CCC(C(C)C)C1C(C)C.CC(C)C1CC[C@](OC(=O)CC[NH-])(C(=O)O)C1C(C)C.C[C@H](C(OC([NH-])=O)C(C)(C)C)C(C)(C)C.C[C@H](C(OC([NH-])=O)C(C)(C)C)C(C)(C)C.[K+].[K+].[NH2-]. The van der Waals surface area contributed by atoms with Crippen molar-refractivity contribution in [2.45, 2.75) is 208 Å². The zero-order valence-electron chi connectivity index (χ0n) is 49.5.